The molecule has 4 heteroatoms. The highest BCUT2D eigenvalue weighted by Gasteiger charge is 2.42. The van der Waals surface area contributed by atoms with Crippen molar-refractivity contribution >= 4 is 38.1 Å². The standard InChI is InChI=1S/C28H31NOSi2/c1-24(29)22-23-32(27-18-10-4-11-19-27,28-20-12-5-13-21-28)30-31(25-14-6-2-7-15-25)26-16-8-3-9-17-26/h2-21,24,31H,22-23,29H2,1H3. The lowest BCUT2D eigenvalue weighted by atomic mass is 10.3. The lowest BCUT2D eigenvalue weighted by molar-refractivity contribution is 0.581. The molecule has 4 aromatic carbocycles. The summed E-state index contributed by atoms with van der Waals surface area (Å²) in [4.78, 5) is 0. The third-order valence-corrected chi connectivity index (χ3v) is 14.0. The fourth-order valence-electron chi connectivity index (χ4n) is 4.28. The van der Waals surface area contributed by atoms with Crippen LogP contribution in [0.15, 0.2) is 121 Å². The van der Waals surface area contributed by atoms with Crippen molar-refractivity contribution in [2.24, 2.45) is 5.73 Å². The minimum Gasteiger partial charge on any atom is -0.444 e. The van der Waals surface area contributed by atoms with E-state index in [9.17, 15) is 0 Å². The summed E-state index contributed by atoms with van der Waals surface area (Å²) < 4.78 is 7.56. The Kier molecular flexibility index (Phi) is 7.50. The van der Waals surface area contributed by atoms with E-state index in [0.29, 0.717) is 0 Å². The molecule has 2 nitrogen and oxygen atoms in total. The Hall–Kier alpha value is -2.77. The molecule has 0 radical (unpaired) electrons. The van der Waals surface area contributed by atoms with Crippen molar-refractivity contribution in [3.8, 4) is 0 Å². The molecule has 0 bridgehead atoms. The number of nitrogens with two attached hydrogens (primary N) is 1. The van der Waals surface area contributed by atoms with Crippen LogP contribution in [0.2, 0.25) is 6.04 Å². The lowest BCUT2D eigenvalue weighted by Gasteiger charge is -2.37. The molecule has 0 amide bonds. The van der Waals surface area contributed by atoms with Crippen LogP contribution in [0.5, 0.6) is 0 Å². The monoisotopic (exact) mass is 453 g/mol. The first-order valence-corrected chi connectivity index (χ1v) is 15.1. The predicted octanol–water partition coefficient (Wildman–Crippen LogP) is 3.04. The van der Waals surface area contributed by atoms with Gasteiger partial charge in [0.25, 0.3) is 0 Å². The Morgan fingerprint density at radius 1 is 0.656 bits per heavy atom. The van der Waals surface area contributed by atoms with E-state index in [-0.39, 0.29) is 6.04 Å². The zero-order chi connectivity index (χ0) is 22.2. The van der Waals surface area contributed by atoms with Crippen molar-refractivity contribution in [2.75, 3.05) is 0 Å². The molecule has 0 aliphatic heterocycles. The molecule has 0 aliphatic rings. The second-order valence-corrected chi connectivity index (χ2v) is 14.7. The Balaban J connectivity index is 1.89. The van der Waals surface area contributed by atoms with Crippen LogP contribution in [0.25, 0.3) is 0 Å². The molecule has 4 aromatic rings. The molecule has 0 saturated heterocycles. The molecule has 0 fully saturated rings. The third-order valence-electron chi connectivity index (χ3n) is 5.96. The molecule has 4 rings (SSSR count). The first kappa shape index (κ1) is 22.4. The highest BCUT2D eigenvalue weighted by Crippen LogP contribution is 2.18. The molecular weight excluding hydrogens is 422 g/mol. The molecule has 0 aliphatic carbocycles. The molecular formula is C28H31NOSi2. The van der Waals surface area contributed by atoms with Gasteiger partial charge in [0.1, 0.15) is 0 Å². The molecule has 0 saturated carbocycles. The van der Waals surface area contributed by atoms with Crippen molar-refractivity contribution in [3.63, 3.8) is 0 Å². The van der Waals surface area contributed by atoms with Crippen molar-refractivity contribution in [1.82, 2.24) is 0 Å². The highest BCUT2D eigenvalue weighted by molar-refractivity contribution is 7.03. The van der Waals surface area contributed by atoms with Gasteiger partial charge >= 0.3 is 0 Å². The highest BCUT2D eigenvalue weighted by atomic mass is 28.4. The third kappa shape index (κ3) is 5.17. The van der Waals surface area contributed by atoms with Crippen LogP contribution in [-0.2, 0) is 4.12 Å². The first-order valence-electron chi connectivity index (χ1n) is 11.3. The van der Waals surface area contributed by atoms with Crippen LogP contribution in [0, 0.1) is 0 Å². The summed E-state index contributed by atoms with van der Waals surface area (Å²) in [5.74, 6) is 0. The van der Waals surface area contributed by atoms with E-state index in [4.69, 9.17) is 9.85 Å². The maximum absolute atomic E-state index is 7.56. The summed E-state index contributed by atoms with van der Waals surface area (Å²) in [7, 11) is -4.51. The van der Waals surface area contributed by atoms with Gasteiger partial charge in [-0.3, -0.25) is 0 Å². The summed E-state index contributed by atoms with van der Waals surface area (Å²) in [6.45, 7) is 2.10. The molecule has 162 valence electrons. The fraction of sp³-hybridized carbons (Fsp3) is 0.143. The van der Waals surface area contributed by atoms with Gasteiger partial charge in [-0.15, -0.1) is 0 Å². The van der Waals surface area contributed by atoms with Crippen LogP contribution >= 0.6 is 0 Å². The molecule has 0 spiro atoms. The van der Waals surface area contributed by atoms with E-state index < -0.39 is 17.4 Å². The Bertz CT molecular complexity index is 994. The van der Waals surface area contributed by atoms with Gasteiger partial charge in [-0.25, -0.2) is 0 Å². The van der Waals surface area contributed by atoms with Gasteiger partial charge in [0.2, 0.25) is 17.4 Å². The number of rotatable bonds is 9. The largest absolute Gasteiger partial charge is 0.444 e. The van der Waals surface area contributed by atoms with E-state index in [1.165, 1.54) is 20.7 Å². The van der Waals surface area contributed by atoms with Crippen LogP contribution in [-0.4, -0.2) is 23.4 Å². The summed E-state index contributed by atoms with van der Waals surface area (Å²) in [5, 5.41) is 5.25. The van der Waals surface area contributed by atoms with Crippen molar-refractivity contribution in [1.29, 1.82) is 0 Å². The molecule has 0 heterocycles. The molecule has 0 aromatic heterocycles. The van der Waals surface area contributed by atoms with Gasteiger partial charge in [-0.2, -0.15) is 0 Å². The topological polar surface area (TPSA) is 35.2 Å². The fourth-order valence-corrected chi connectivity index (χ4v) is 13.3. The molecule has 2 N–H and O–H groups in total. The second-order valence-electron chi connectivity index (χ2n) is 8.39. The Labute approximate surface area is 194 Å². The number of hydrogen-bond donors (Lipinski definition) is 1. The second kappa shape index (κ2) is 10.7. The maximum atomic E-state index is 7.56. The number of benzene rings is 4. The number of hydrogen-bond acceptors (Lipinski definition) is 2. The maximum Gasteiger partial charge on any atom is 0.245 e. The summed E-state index contributed by atoms with van der Waals surface area (Å²) in [5.41, 5.74) is 6.29. The zero-order valence-electron chi connectivity index (χ0n) is 18.6. The first-order chi connectivity index (χ1) is 15.7. The average Bonchev–Trinajstić information content (AvgIpc) is 2.86. The Morgan fingerprint density at radius 2 is 1.03 bits per heavy atom. The van der Waals surface area contributed by atoms with E-state index in [1.54, 1.807) is 0 Å². The van der Waals surface area contributed by atoms with E-state index >= 15 is 0 Å². The van der Waals surface area contributed by atoms with E-state index in [0.717, 1.165) is 12.5 Å². The smallest absolute Gasteiger partial charge is 0.245 e. The van der Waals surface area contributed by atoms with Gasteiger partial charge in [-0.1, -0.05) is 121 Å². The minimum absolute atomic E-state index is 0.131. The molecule has 1 unspecified atom stereocenters. The van der Waals surface area contributed by atoms with Crippen LogP contribution in [0.3, 0.4) is 0 Å². The summed E-state index contributed by atoms with van der Waals surface area (Å²) in [6.07, 6.45) is 0.931. The summed E-state index contributed by atoms with van der Waals surface area (Å²) in [6, 6.07) is 44.4. The zero-order valence-corrected chi connectivity index (χ0v) is 20.8. The van der Waals surface area contributed by atoms with Crippen molar-refractivity contribution < 1.29 is 4.12 Å². The van der Waals surface area contributed by atoms with Crippen molar-refractivity contribution in [2.45, 2.75) is 25.4 Å². The SMILES string of the molecule is CC(N)CC[Si](O[SiH](c1ccccc1)c1ccccc1)(c1ccccc1)c1ccccc1. The van der Waals surface area contributed by atoms with E-state index in [1.807, 2.05) is 0 Å². The van der Waals surface area contributed by atoms with Crippen LogP contribution in [0.4, 0.5) is 0 Å². The molecule has 32 heavy (non-hydrogen) atoms. The average molecular weight is 454 g/mol. The normalized spacial score (nSPS) is 12.6. The lowest BCUT2D eigenvalue weighted by Crippen LogP contribution is -2.66. The summed E-state index contributed by atoms with van der Waals surface area (Å²) >= 11 is 0. The van der Waals surface area contributed by atoms with Gasteiger partial charge in [-0.05, 0) is 40.1 Å². The molecule has 1 atom stereocenters. The Morgan fingerprint density at radius 3 is 1.41 bits per heavy atom. The van der Waals surface area contributed by atoms with Crippen LogP contribution < -0.4 is 26.5 Å². The van der Waals surface area contributed by atoms with Gasteiger partial charge in [0.15, 0.2) is 0 Å². The predicted molar refractivity (Wildman–Crippen MR) is 141 cm³/mol. The minimum atomic E-state index is -2.56. The van der Waals surface area contributed by atoms with Gasteiger partial charge < -0.3 is 9.85 Å². The van der Waals surface area contributed by atoms with Gasteiger partial charge in [0, 0.05) is 6.04 Å². The quantitative estimate of drug-likeness (QED) is 0.395. The van der Waals surface area contributed by atoms with Crippen molar-refractivity contribution in [3.05, 3.63) is 121 Å². The van der Waals surface area contributed by atoms with Crippen LogP contribution in [0.1, 0.15) is 13.3 Å². The van der Waals surface area contributed by atoms with Gasteiger partial charge in [0.05, 0.1) is 0 Å². The van der Waals surface area contributed by atoms with E-state index in [2.05, 4.69) is 128 Å².